The number of nitrogens with zero attached hydrogens (tertiary/aromatic N) is 1. The zero-order valence-corrected chi connectivity index (χ0v) is 33.4. The summed E-state index contributed by atoms with van der Waals surface area (Å²) in [7, 11) is -3.33. The van der Waals surface area contributed by atoms with Crippen LogP contribution in [0.15, 0.2) is 0 Å². The predicted octanol–water partition coefficient (Wildman–Crippen LogP) is 6.37. The van der Waals surface area contributed by atoms with Crippen LogP contribution in [0, 0.1) is 0 Å². The maximum Gasteiger partial charge on any atom is 1.00 e. The minimum atomic E-state index is -4.97. The fourth-order valence-corrected chi connectivity index (χ4v) is 6.12. The van der Waals surface area contributed by atoms with Crippen LogP contribution in [0.2, 0.25) is 0 Å². The van der Waals surface area contributed by atoms with Gasteiger partial charge in [0.1, 0.15) is 6.04 Å². The molecule has 0 bridgehead atoms. The first-order valence-corrected chi connectivity index (χ1v) is 20.2. The molecule has 0 saturated heterocycles. The second kappa shape index (κ2) is 34.7. The number of nitrogens with one attached hydrogen (secondary N) is 1. The average Bonchev–Trinajstić information content (AvgIpc) is 3.00. The zero-order chi connectivity index (χ0) is 33.4. The summed E-state index contributed by atoms with van der Waals surface area (Å²) in [4.78, 5) is 27.0. The summed E-state index contributed by atoms with van der Waals surface area (Å²) in [6.07, 6.45) is 33.5. The van der Waals surface area contributed by atoms with Gasteiger partial charge in [-0.25, -0.2) is 8.42 Å². The summed E-state index contributed by atoms with van der Waals surface area (Å²) in [5.41, 5.74) is 0. The van der Waals surface area contributed by atoms with E-state index in [2.05, 4.69) is 23.3 Å². The molecule has 0 aliphatic heterocycles. The molecule has 268 valence electrons. The molecule has 0 fully saturated rings. The molecule has 1 atom stereocenters. The van der Waals surface area contributed by atoms with Gasteiger partial charge < -0.3 is 14.8 Å². The van der Waals surface area contributed by atoms with Crippen molar-refractivity contribution in [2.45, 2.75) is 200 Å². The number of hydrogen-bond donors (Lipinski definition) is 1. The summed E-state index contributed by atoms with van der Waals surface area (Å²) in [6.45, 7) is 4.32. The molecule has 0 unspecified atom stereocenters. The van der Waals surface area contributed by atoms with Crippen LogP contribution >= 0.6 is 0 Å². The van der Waals surface area contributed by atoms with E-state index in [1.165, 1.54) is 140 Å². The van der Waals surface area contributed by atoms with Gasteiger partial charge in [0.2, 0.25) is 22.2 Å². The molecule has 0 aliphatic carbocycles. The topological polar surface area (TPSA) is 116 Å². The first-order valence-electron chi connectivity index (χ1n) is 18.9. The normalized spacial score (nSPS) is 12.1. The van der Waals surface area contributed by atoms with E-state index in [-0.39, 0.29) is 41.9 Å². The van der Waals surface area contributed by atoms with Gasteiger partial charge in [-0.3, -0.25) is 13.8 Å². The first kappa shape index (κ1) is 47.9. The van der Waals surface area contributed by atoms with Gasteiger partial charge in [0, 0.05) is 20.0 Å². The Labute approximate surface area is 307 Å². The Balaban J connectivity index is 0. The van der Waals surface area contributed by atoms with Crippen LogP contribution in [-0.4, -0.2) is 55.9 Å². The Kier molecular flexibility index (Phi) is 36.1. The van der Waals surface area contributed by atoms with Crippen LogP contribution in [0.3, 0.4) is 0 Å². The van der Waals surface area contributed by atoms with E-state index < -0.39 is 29.0 Å². The molecular weight excluding hydrogens is 611 g/mol. The molecule has 0 radical (unpaired) electrons. The fourth-order valence-electron chi connectivity index (χ4n) is 5.82. The molecule has 46 heavy (non-hydrogen) atoms. The van der Waals surface area contributed by atoms with E-state index in [0.717, 1.165) is 32.1 Å². The largest absolute Gasteiger partial charge is 1.00 e. The number of amides is 2. The summed E-state index contributed by atoms with van der Waals surface area (Å²) in [5.74, 6) is -0.764. The maximum atomic E-state index is 13.0. The van der Waals surface area contributed by atoms with Crippen molar-refractivity contribution in [2.24, 2.45) is 0 Å². The third-order valence-electron chi connectivity index (χ3n) is 8.74. The van der Waals surface area contributed by atoms with Gasteiger partial charge in [-0.1, -0.05) is 174 Å². The number of carbonyl (C=O) groups is 2. The van der Waals surface area contributed by atoms with Crippen molar-refractivity contribution in [3.8, 4) is 0 Å². The maximum absolute atomic E-state index is 13.0. The van der Waals surface area contributed by atoms with Crippen LogP contribution < -0.4 is 34.9 Å². The van der Waals surface area contributed by atoms with Crippen molar-refractivity contribution in [3.63, 3.8) is 0 Å². The molecule has 0 aromatic heterocycles. The Morgan fingerprint density at radius 2 is 0.935 bits per heavy atom. The number of carbonyl (C=O) groups excluding carboxylic acids is 2. The van der Waals surface area contributed by atoms with Crippen LogP contribution in [0.4, 0.5) is 0 Å². The van der Waals surface area contributed by atoms with E-state index in [1.54, 1.807) is 7.05 Å². The standard InChI is InChI=1S/C36H72N2O6S.Na/c1-4-6-8-10-12-14-16-18-19-20-21-23-25-27-29-31-35(39)37-34(33-44-45(41,42)43)36(40)38(3)32-30-28-26-24-22-17-15-13-11-9-7-5-2;/h34H,4-33H2,1-3H3,(H,37,39)(H,41,42,43);/q;+1/p-1/t34-;/m0./s1. The number of hydrogen-bond acceptors (Lipinski definition) is 6. The van der Waals surface area contributed by atoms with Crippen molar-refractivity contribution in [1.29, 1.82) is 0 Å². The van der Waals surface area contributed by atoms with Gasteiger partial charge in [0.25, 0.3) is 0 Å². The Bertz CT molecular complexity index is 799. The van der Waals surface area contributed by atoms with E-state index in [0.29, 0.717) is 13.0 Å². The summed E-state index contributed by atoms with van der Waals surface area (Å²) in [5, 5.41) is 2.61. The van der Waals surface area contributed by atoms with Gasteiger partial charge >= 0.3 is 29.6 Å². The van der Waals surface area contributed by atoms with Crippen molar-refractivity contribution in [1.82, 2.24) is 10.2 Å². The number of unbranched alkanes of at least 4 members (excludes halogenated alkanes) is 25. The Morgan fingerprint density at radius 3 is 1.28 bits per heavy atom. The minimum absolute atomic E-state index is 0. The minimum Gasteiger partial charge on any atom is -0.726 e. The van der Waals surface area contributed by atoms with Crippen molar-refractivity contribution >= 4 is 22.2 Å². The third-order valence-corrected chi connectivity index (χ3v) is 9.17. The summed E-state index contributed by atoms with van der Waals surface area (Å²) < 4.78 is 37.4. The molecular formula is C36H71N2NaO6S. The molecule has 0 rings (SSSR count). The van der Waals surface area contributed by atoms with Crippen molar-refractivity contribution in [3.05, 3.63) is 0 Å². The smallest absolute Gasteiger partial charge is 0.726 e. The van der Waals surface area contributed by atoms with E-state index in [4.69, 9.17) is 0 Å². The molecule has 2 amide bonds. The molecule has 0 spiro atoms. The average molecular weight is 683 g/mol. The summed E-state index contributed by atoms with van der Waals surface area (Å²) >= 11 is 0. The van der Waals surface area contributed by atoms with E-state index in [9.17, 15) is 22.6 Å². The molecule has 0 aromatic rings. The van der Waals surface area contributed by atoms with Gasteiger partial charge in [-0.2, -0.15) is 0 Å². The third kappa shape index (κ3) is 33.7. The van der Waals surface area contributed by atoms with E-state index >= 15 is 0 Å². The van der Waals surface area contributed by atoms with Crippen LogP contribution in [0.25, 0.3) is 0 Å². The van der Waals surface area contributed by atoms with Crippen LogP contribution in [0.1, 0.15) is 194 Å². The molecule has 8 nitrogen and oxygen atoms in total. The Morgan fingerprint density at radius 1 is 0.609 bits per heavy atom. The fraction of sp³-hybridized carbons (Fsp3) is 0.944. The zero-order valence-electron chi connectivity index (χ0n) is 30.6. The van der Waals surface area contributed by atoms with Crippen LogP contribution in [-0.2, 0) is 24.2 Å². The monoisotopic (exact) mass is 682 g/mol. The number of rotatable bonds is 34. The second-order valence-corrected chi connectivity index (χ2v) is 14.2. The SMILES string of the molecule is CCCCCCCCCCCCCCCCCC(=O)N[C@@H](COS(=O)(=O)[O-])C(=O)N(C)CCCCCCCCCCCCCC.[Na+]. The van der Waals surface area contributed by atoms with Gasteiger partial charge in [-0.15, -0.1) is 0 Å². The molecule has 1 N–H and O–H groups in total. The Hall–Kier alpha value is -0.190. The summed E-state index contributed by atoms with van der Waals surface area (Å²) in [6, 6.07) is -1.19. The van der Waals surface area contributed by atoms with Gasteiger partial charge in [0.15, 0.2) is 0 Å². The molecule has 0 saturated carbocycles. The molecule has 0 heterocycles. The van der Waals surface area contributed by atoms with Crippen molar-refractivity contribution < 1.29 is 56.3 Å². The molecule has 0 aromatic carbocycles. The van der Waals surface area contributed by atoms with Gasteiger partial charge in [0.05, 0.1) is 6.61 Å². The van der Waals surface area contributed by atoms with Crippen molar-refractivity contribution in [2.75, 3.05) is 20.2 Å². The van der Waals surface area contributed by atoms with E-state index in [1.807, 2.05) is 0 Å². The molecule has 0 aliphatic rings. The quantitative estimate of drug-likeness (QED) is 0.0365. The predicted molar refractivity (Wildman–Crippen MR) is 186 cm³/mol. The number of likely N-dealkylation sites (N-methyl/N-ethyl adjacent to an activating group) is 1. The van der Waals surface area contributed by atoms with Crippen LogP contribution in [0.5, 0.6) is 0 Å². The van der Waals surface area contributed by atoms with Gasteiger partial charge in [-0.05, 0) is 12.8 Å². The molecule has 10 heteroatoms. The first-order chi connectivity index (χ1) is 21.7. The second-order valence-electron chi connectivity index (χ2n) is 13.2.